The summed E-state index contributed by atoms with van der Waals surface area (Å²) in [4.78, 5) is 1.15. The van der Waals surface area contributed by atoms with E-state index < -0.39 is 10.5 Å². The van der Waals surface area contributed by atoms with Crippen LogP contribution in [-0.2, 0) is 9.47 Å². The van der Waals surface area contributed by atoms with E-state index in [0.29, 0.717) is 12.8 Å². The highest BCUT2D eigenvalue weighted by molar-refractivity contribution is 8.01. The highest BCUT2D eigenvalue weighted by Crippen LogP contribution is 2.54. The number of hydrogen-bond donors (Lipinski definition) is 0. The molecule has 0 spiro atoms. The van der Waals surface area contributed by atoms with Gasteiger partial charge in [-0.2, -0.15) is 5.26 Å². The van der Waals surface area contributed by atoms with E-state index in [1.807, 2.05) is 12.1 Å². The monoisotopic (exact) mass is 263 g/mol. The second-order valence-electron chi connectivity index (χ2n) is 4.65. The summed E-state index contributed by atoms with van der Waals surface area (Å²) in [5.41, 5.74) is 1.20. The molecule has 18 heavy (non-hydrogen) atoms. The van der Waals surface area contributed by atoms with Crippen LogP contribution >= 0.6 is 11.8 Å². The van der Waals surface area contributed by atoms with E-state index in [4.69, 9.17) is 9.47 Å². The van der Waals surface area contributed by atoms with Crippen molar-refractivity contribution < 1.29 is 9.47 Å². The average molecular weight is 263 g/mol. The van der Waals surface area contributed by atoms with E-state index in [1.165, 1.54) is 5.56 Å². The fraction of sp³-hybridized carbons (Fsp3) is 0.500. The van der Waals surface area contributed by atoms with Crippen molar-refractivity contribution >= 4 is 11.8 Å². The molecule has 0 unspecified atom stereocenters. The number of methoxy groups -OCH3 is 2. The molecule has 1 fully saturated rings. The van der Waals surface area contributed by atoms with Gasteiger partial charge in [0.25, 0.3) is 0 Å². The zero-order chi connectivity index (χ0) is 13.2. The summed E-state index contributed by atoms with van der Waals surface area (Å²) in [5, 5.41) is 9.43. The number of nitriles is 1. The Morgan fingerprint density at radius 3 is 2.33 bits per heavy atom. The van der Waals surface area contributed by atoms with Gasteiger partial charge in [0.05, 0.1) is 6.07 Å². The van der Waals surface area contributed by atoms with E-state index in [9.17, 15) is 5.26 Å². The van der Waals surface area contributed by atoms with Crippen molar-refractivity contribution in [1.82, 2.24) is 0 Å². The van der Waals surface area contributed by atoms with Gasteiger partial charge in [0.2, 0.25) is 0 Å². The Labute approximate surface area is 112 Å². The molecule has 96 valence electrons. The molecule has 1 aliphatic carbocycles. The third-order valence-electron chi connectivity index (χ3n) is 3.46. The van der Waals surface area contributed by atoms with E-state index >= 15 is 0 Å². The minimum atomic E-state index is -0.578. The maximum absolute atomic E-state index is 9.43. The van der Waals surface area contributed by atoms with Crippen LogP contribution in [0.3, 0.4) is 0 Å². The van der Waals surface area contributed by atoms with Crippen molar-refractivity contribution in [2.24, 2.45) is 0 Å². The molecule has 0 amide bonds. The number of thioether (sulfide) groups is 1. The van der Waals surface area contributed by atoms with E-state index in [0.717, 1.165) is 4.90 Å². The van der Waals surface area contributed by atoms with Gasteiger partial charge in [0.1, 0.15) is 4.75 Å². The summed E-state index contributed by atoms with van der Waals surface area (Å²) in [7, 11) is 3.26. The van der Waals surface area contributed by atoms with Gasteiger partial charge in [-0.15, -0.1) is 11.8 Å². The summed E-state index contributed by atoms with van der Waals surface area (Å²) in [6.07, 6.45) is 1.20. The van der Waals surface area contributed by atoms with E-state index in [-0.39, 0.29) is 0 Å². The van der Waals surface area contributed by atoms with Crippen LogP contribution in [0.15, 0.2) is 29.2 Å². The van der Waals surface area contributed by atoms with Gasteiger partial charge in [-0.3, -0.25) is 0 Å². The summed E-state index contributed by atoms with van der Waals surface area (Å²) in [6, 6.07) is 10.5. The van der Waals surface area contributed by atoms with E-state index in [1.54, 1.807) is 26.0 Å². The molecule has 0 atom stereocenters. The van der Waals surface area contributed by atoms with Gasteiger partial charge in [-0.25, -0.2) is 0 Å². The molecule has 0 heterocycles. The largest absolute Gasteiger partial charge is 0.353 e. The molecule has 1 aliphatic rings. The standard InChI is InChI=1S/C14H17NO2S/c1-11-6-4-5-7-12(11)18-13(10-15)8-14(9-13,16-2)17-3/h4-7H,8-9H2,1-3H3. The van der Waals surface area contributed by atoms with Crippen LogP contribution in [-0.4, -0.2) is 24.8 Å². The minimum absolute atomic E-state index is 0.432. The lowest BCUT2D eigenvalue weighted by Gasteiger charge is -2.49. The molecule has 0 saturated heterocycles. The van der Waals surface area contributed by atoms with Crippen LogP contribution in [0, 0.1) is 18.3 Å². The maximum atomic E-state index is 9.43. The molecule has 0 radical (unpaired) electrons. The first-order valence-corrected chi connectivity index (χ1v) is 6.66. The van der Waals surface area contributed by atoms with Gasteiger partial charge in [0.15, 0.2) is 5.79 Å². The number of aryl methyl sites for hydroxylation is 1. The Morgan fingerprint density at radius 1 is 1.22 bits per heavy atom. The molecule has 0 aromatic heterocycles. The van der Waals surface area contributed by atoms with Crippen LogP contribution in [0.25, 0.3) is 0 Å². The van der Waals surface area contributed by atoms with Gasteiger partial charge < -0.3 is 9.47 Å². The highest BCUT2D eigenvalue weighted by Gasteiger charge is 2.57. The fourth-order valence-electron chi connectivity index (χ4n) is 2.25. The fourth-order valence-corrected chi connectivity index (χ4v) is 3.67. The van der Waals surface area contributed by atoms with Crippen molar-refractivity contribution in [3.05, 3.63) is 29.8 Å². The first kappa shape index (κ1) is 13.4. The van der Waals surface area contributed by atoms with Gasteiger partial charge in [0, 0.05) is 32.0 Å². The molecule has 1 saturated carbocycles. The van der Waals surface area contributed by atoms with Crippen molar-refractivity contribution in [3.8, 4) is 6.07 Å². The second-order valence-corrected chi connectivity index (χ2v) is 6.07. The summed E-state index contributed by atoms with van der Waals surface area (Å²) in [6.45, 7) is 2.06. The lowest BCUT2D eigenvalue weighted by molar-refractivity contribution is -0.255. The molecule has 1 aromatic rings. The Balaban J connectivity index is 2.14. The van der Waals surface area contributed by atoms with Crippen LogP contribution in [0.2, 0.25) is 0 Å². The van der Waals surface area contributed by atoms with Crippen LogP contribution in [0.5, 0.6) is 0 Å². The van der Waals surface area contributed by atoms with Crippen molar-refractivity contribution in [2.45, 2.75) is 35.2 Å². The summed E-state index contributed by atoms with van der Waals surface area (Å²) < 4.78 is 10.3. The van der Waals surface area contributed by atoms with E-state index in [2.05, 4.69) is 25.1 Å². The summed E-state index contributed by atoms with van der Waals surface area (Å²) in [5.74, 6) is -0.578. The number of benzene rings is 1. The highest BCUT2D eigenvalue weighted by atomic mass is 32.2. The lowest BCUT2D eigenvalue weighted by atomic mass is 9.78. The molecular weight excluding hydrogens is 246 g/mol. The van der Waals surface area contributed by atoms with Crippen LogP contribution < -0.4 is 0 Å². The van der Waals surface area contributed by atoms with Gasteiger partial charge in [-0.05, 0) is 18.6 Å². The molecular formula is C14H17NO2S. The SMILES string of the molecule is COC1(OC)CC(C#N)(Sc2ccccc2C)C1. The third kappa shape index (κ3) is 2.26. The smallest absolute Gasteiger partial charge is 0.172 e. The zero-order valence-electron chi connectivity index (χ0n) is 10.9. The lowest BCUT2D eigenvalue weighted by Crippen LogP contribution is -2.56. The van der Waals surface area contributed by atoms with Crippen LogP contribution in [0.1, 0.15) is 18.4 Å². The molecule has 1 aromatic carbocycles. The molecule has 4 heteroatoms. The zero-order valence-corrected chi connectivity index (χ0v) is 11.7. The Bertz CT molecular complexity index is 469. The second kappa shape index (κ2) is 4.93. The Hall–Kier alpha value is -1.02. The molecule has 0 N–H and O–H groups in total. The molecule has 3 nitrogen and oxygen atoms in total. The third-order valence-corrected chi connectivity index (χ3v) is 4.91. The minimum Gasteiger partial charge on any atom is -0.353 e. The quantitative estimate of drug-likeness (QED) is 0.783. The average Bonchev–Trinajstić information content (AvgIpc) is 2.36. The number of hydrogen-bond acceptors (Lipinski definition) is 4. The predicted octanol–water partition coefficient (Wildman–Crippen LogP) is 3.13. The number of rotatable bonds is 4. The molecule has 2 rings (SSSR count). The maximum Gasteiger partial charge on any atom is 0.172 e. The Morgan fingerprint density at radius 2 is 1.83 bits per heavy atom. The first-order chi connectivity index (χ1) is 8.59. The first-order valence-electron chi connectivity index (χ1n) is 5.85. The molecule has 0 aliphatic heterocycles. The Kier molecular flexibility index (Phi) is 3.67. The number of nitrogens with zero attached hydrogens (tertiary/aromatic N) is 1. The van der Waals surface area contributed by atoms with Gasteiger partial charge in [-0.1, -0.05) is 18.2 Å². The predicted molar refractivity (Wildman–Crippen MR) is 71.4 cm³/mol. The van der Waals surface area contributed by atoms with Crippen molar-refractivity contribution in [1.29, 1.82) is 5.26 Å². The topological polar surface area (TPSA) is 42.2 Å². The van der Waals surface area contributed by atoms with Crippen molar-refractivity contribution in [2.75, 3.05) is 14.2 Å². The normalized spacial score (nSPS) is 19.9. The summed E-state index contributed by atoms with van der Waals surface area (Å²) >= 11 is 1.62. The van der Waals surface area contributed by atoms with Gasteiger partial charge >= 0.3 is 0 Å². The van der Waals surface area contributed by atoms with Crippen LogP contribution in [0.4, 0.5) is 0 Å². The van der Waals surface area contributed by atoms with Crippen molar-refractivity contribution in [3.63, 3.8) is 0 Å². The molecule has 0 bridgehead atoms. The number of ether oxygens (including phenoxy) is 2.